The summed E-state index contributed by atoms with van der Waals surface area (Å²) in [6.07, 6.45) is 9.27. The summed E-state index contributed by atoms with van der Waals surface area (Å²) in [5.41, 5.74) is 2.21. The van der Waals surface area contributed by atoms with Crippen molar-refractivity contribution in [2.24, 2.45) is 0 Å². The van der Waals surface area contributed by atoms with Crippen LogP contribution < -0.4 is 0 Å². The molecule has 6 rings (SSSR count). The zero-order valence-electron chi connectivity index (χ0n) is 18.1. The Hall–Kier alpha value is -2.33. The number of ether oxygens (including phenoxy) is 1. The van der Waals surface area contributed by atoms with Gasteiger partial charge in [-0.1, -0.05) is 11.6 Å². The van der Waals surface area contributed by atoms with E-state index in [0.29, 0.717) is 22.9 Å². The number of thiazole rings is 1. The van der Waals surface area contributed by atoms with Crippen molar-refractivity contribution in [3.05, 3.63) is 40.9 Å². The number of aromatic nitrogens is 5. The molecule has 2 fully saturated rings. The van der Waals surface area contributed by atoms with Crippen LogP contribution in [-0.2, 0) is 17.0 Å². The Morgan fingerprint density at radius 1 is 1.15 bits per heavy atom. The van der Waals surface area contributed by atoms with Crippen LogP contribution in [0.4, 0.5) is 4.39 Å². The van der Waals surface area contributed by atoms with Crippen molar-refractivity contribution in [3.63, 3.8) is 0 Å². The van der Waals surface area contributed by atoms with Gasteiger partial charge >= 0.3 is 0 Å². The van der Waals surface area contributed by atoms with Gasteiger partial charge in [0, 0.05) is 54.7 Å². The average Bonchev–Trinajstić information content (AvgIpc) is 3.56. The number of nitrogens with one attached hydrogen (secondary N) is 1. The standard InChI is InChI=1S/C23H24ClFN6OS/c24-17-12-26-21-16(20(17)19-13-27-22(33-19)23(25)2-1-3-23)10-18(29-21)15-11-28-31(14-15)5-4-30-6-8-32-9-7-30/h10-14H,1-9H2,(H,26,29). The molecule has 5 heterocycles. The Balaban J connectivity index is 1.27. The number of nitrogens with zero attached hydrogens (tertiary/aromatic N) is 5. The maximum Gasteiger partial charge on any atom is 0.162 e. The van der Waals surface area contributed by atoms with Gasteiger partial charge in [0.2, 0.25) is 0 Å². The summed E-state index contributed by atoms with van der Waals surface area (Å²) in [6.45, 7) is 5.30. The first-order valence-electron chi connectivity index (χ1n) is 11.2. The van der Waals surface area contributed by atoms with Crippen LogP contribution in [-0.4, -0.2) is 62.5 Å². The van der Waals surface area contributed by atoms with Crippen LogP contribution in [0.15, 0.2) is 30.9 Å². The van der Waals surface area contributed by atoms with Crippen molar-refractivity contribution in [3.8, 4) is 21.7 Å². The molecule has 0 atom stereocenters. The number of H-pyrrole nitrogens is 1. The smallest absolute Gasteiger partial charge is 0.162 e. The molecule has 1 saturated carbocycles. The van der Waals surface area contributed by atoms with Gasteiger partial charge in [-0.2, -0.15) is 5.10 Å². The highest BCUT2D eigenvalue weighted by Crippen LogP contribution is 2.48. The Morgan fingerprint density at radius 2 is 2.00 bits per heavy atom. The van der Waals surface area contributed by atoms with Crippen LogP contribution in [0, 0.1) is 0 Å². The van der Waals surface area contributed by atoms with E-state index >= 15 is 0 Å². The quantitative estimate of drug-likeness (QED) is 0.420. The molecule has 10 heteroatoms. The zero-order valence-corrected chi connectivity index (χ0v) is 19.6. The Labute approximate surface area is 199 Å². The fraction of sp³-hybridized carbons (Fsp3) is 0.435. The Bertz CT molecular complexity index is 1290. The molecule has 4 aromatic rings. The summed E-state index contributed by atoms with van der Waals surface area (Å²) in [6, 6.07) is 2.04. The minimum atomic E-state index is -1.28. The van der Waals surface area contributed by atoms with E-state index in [-0.39, 0.29) is 0 Å². The number of fused-ring (bicyclic) bond motifs is 1. The predicted octanol–water partition coefficient (Wildman–Crippen LogP) is 4.88. The summed E-state index contributed by atoms with van der Waals surface area (Å²) in [5.74, 6) is 0. The fourth-order valence-corrected chi connectivity index (χ4v) is 5.88. The van der Waals surface area contributed by atoms with Crippen LogP contribution in [0.2, 0.25) is 5.02 Å². The summed E-state index contributed by atoms with van der Waals surface area (Å²) < 4.78 is 22.2. The Morgan fingerprint density at radius 3 is 2.79 bits per heavy atom. The number of aromatic amines is 1. The van der Waals surface area contributed by atoms with Gasteiger partial charge in [-0.15, -0.1) is 11.3 Å². The molecule has 0 aromatic carbocycles. The highest BCUT2D eigenvalue weighted by atomic mass is 35.5. The monoisotopic (exact) mass is 486 g/mol. The number of alkyl halides is 1. The van der Waals surface area contributed by atoms with Gasteiger partial charge < -0.3 is 9.72 Å². The lowest BCUT2D eigenvalue weighted by atomic mass is 9.83. The number of pyridine rings is 1. The van der Waals surface area contributed by atoms with E-state index in [1.54, 1.807) is 12.4 Å². The van der Waals surface area contributed by atoms with Crippen molar-refractivity contribution >= 4 is 34.0 Å². The van der Waals surface area contributed by atoms with Crippen LogP contribution >= 0.6 is 22.9 Å². The third-order valence-corrected chi connectivity index (χ3v) is 8.07. The summed E-state index contributed by atoms with van der Waals surface area (Å²) in [4.78, 5) is 15.5. The van der Waals surface area contributed by atoms with Crippen molar-refractivity contribution < 1.29 is 9.13 Å². The first kappa shape index (κ1) is 21.2. The van der Waals surface area contributed by atoms with Crippen LogP contribution in [0.25, 0.3) is 32.7 Å². The zero-order chi connectivity index (χ0) is 22.4. The van der Waals surface area contributed by atoms with E-state index in [0.717, 1.165) is 78.5 Å². The van der Waals surface area contributed by atoms with E-state index in [1.165, 1.54) is 11.3 Å². The van der Waals surface area contributed by atoms with Crippen LogP contribution in [0.1, 0.15) is 24.3 Å². The van der Waals surface area contributed by atoms with Gasteiger partial charge in [0.1, 0.15) is 10.7 Å². The largest absolute Gasteiger partial charge is 0.379 e. The molecule has 1 aliphatic heterocycles. The average molecular weight is 487 g/mol. The fourth-order valence-electron chi connectivity index (χ4n) is 4.45. The number of hydrogen-bond acceptors (Lipinski definition) is 6. The molecular formula is C23H24ClFN6OS. The van der Waals surface area contributed by atoms with Gasteiger partial charge in [-0.05, 0) is 25.3 Å². The lowest BCUT2D eigenvalue weighted by molar-refractivity contribution is 0.0360. The second-order valence-electron chi connectivity index (χ2n) is 8.72. The molecular weight excluding hydrogens is 463 g/mol. The van der Waals surface area contributed by atoms with Crippen molar-refractivity contribution in [2.75, 3.05) is 32.8 Å². The van der Waals surface area contributed by atoms with E-state index in [2.05, 4.69) is 25.0 Å². The van der Waals surface area contributed by atoms with Gasteiger partial charge in [-0.3, -0.25) is 9.58 Å². The SMILES string of the molecule is FC1(c2ncc(-c3c(Cl)cnc4[nH]c(-c5cnn(CCN6CCOCC6)c5)cc34)s2)CCC1. The molecule has 172 valence electrons. The molecule has 0 amide bonds. The minimum Gasteiger partial charge on any atom is -0.379 e. The molecule has 2 aliphatic rings. The highest BCUT2D eigenvalue weighted by Gasteiger charge is 2.41. The molecule has 1 aliphatic carbocycles. The van der Waals surface area contributed by atoms with Gasteiger partial charge in [-0.25, -0.2) is 14.4 Å². The first-order valence-corrected chi connectivity index (χ1v) is 12.4. The molecule has 1 N–H and O–H groups in total. The normalized spacial score (nSPS) is 18.6. The van der Waals surface area contributed by atoms with Gasteiger partial charge in [0.05, 0.1) is 41.5 Å². The molecule has 0 radical (unpaired) electrons. The van der Waals surface area contributed by atoms with Crippen molar-refractivity contribution in [1.29, 1.82) is 0 Å². The summed E-state index contributed by atoms with van der Waals surface area (Å²) >= 11 is 7.95. The highest BCUT2D eigenvalue weighted by molar-refractivity contribution is 7.15. The summed E-state index contributed by atoms with van der Waals surface area (Å²) in [7, 11) is 0. The van der Waals surface area contributed by atoms with Gasteiger partial charge in [0.25, 0.3) is 0 Å². The molecule has 7 nitrogen and oxygen atoms in total. The maximum absolute atomic E-state index is 14.9. The van der Waals surface area contributed by atoms with Gasteiger partial charge in [0.15, 0.2) is 5.67 Å². The van der Waals surface area contributed by atoms with Crippen molar-refractivity contribution in [1.82, 2.24) is 29.6 Å². The molecule has 1 saturated heterocycles. The van der Waals surface area contributed by atoms with E-state index in [1.807, 2.05) is 23.1 Å². The third kappa shape index (κ3) is 3.97. The Kier molecular flexibility index (Phi) is 5.44. The van der Waals surface area contributed by atoms with E-state index in [4.69, 9.17) is 16.3 Å². The lowest BCUT2D eigenvalue weighted by Gasteiger charge is -2.31. The minimum absolute atomic E-state index is 0.533. The number of hydrogen-bond donors (Lipinski definition) is 1. The third-order valence-electron chi connectivity index (χ3n) is 6.59. The topological polar surface area (TPSA) is 71.9 Å². The molecule has 33 heavy (non-hydrogen) atoms. The first-order chi connectivity index (χ1) is 16.1. The second-order valence-corrected chi connectivity index (χ2v) is 10.2. The second kappa shape index (κ2) is 8.47. The van der Waals surface area contributed by atoms with Crippen LogP contribution in [0.5, 0.6) is 0 Å². The lowest BCUT2D eigenvalue weighted by Crippen LogP contribution is -2.38. The van der Waals surface area contributed by atoms with E-state index in [9.17, 15) is 4.39 Å². The molecule has 0 spiro atoms. The predicted molar refractivity (Wildman–Crippen MR) is 127 cm³/mol. The maximum atomic E-state index is 14.9. The van der Waals surface area contributed by atoms with Crippen molar-refractivity contribution in [2.45, 2.75) is 31.5 Å². The molecule has 0 bridgehead atoms. The number of morpholine rings is 1. The summed E-state index contributed by atoms with van der Waals surface area (Å²) in [5, 5.41) is 6.51. The molecule has 0 unspecified atom stereocenters. The number of halogens is 2. The number of rotatable bonds is 6. The molecule has 4 aromatic heterocycles. The van der Waals surface area contributed by atoms with Crippen LogP contribution in [0.3, 0.4) is 0 Å². The van der Waals surface area contributed by atoms with E-state index < -0.39 is 5.67 Å².